The first-order valence-electron chi connectivity index (χ1n) is 10.1. The monoisotopic (exact) mass is 486 g/mol. The number of aryl methyl sites for hydroxylation is 1. The maximum absolute atomic E-state index is 13.1. The van der Waals surface area contributed by atoms with E-state index in [4.69, 9.17) is 4.74 Å². The molecule has 7 heteroatoms. The minimum Gasteiger partial charge on any atom is -0.507 e. The topological polar surface area (TPSA) is 70.1 Å². The second-order valence-electron chi connectivity index (χ2n) is 7.88. The molecule has 1 heterocycles. The number of halogens is 1. The highest BCUT2D eigenvalue weighted by Crippen LogP contribution is 2.40. The first-order chi connectivity index (χ1) is 14.7. The number of rotatable bonds is 7. The van der Waals surface area contributed by atoms with E-state index in [-0.39, 0.29) is 11.3 Å². The SMILES string of the molecule is COc1ccc(C(O)=C2C(=O)C(=O)N(CCCN(C)C)[C@H]2c2ccc(Br)cc2)c(C)c1. The maximum atomic E-state index is 13.1. The zero-order chi connectivity index (χ0) is 22.7. The molecule has 1 atom stereocenters. The number of aliphatic hydroxyl groups is 1. The first-order valence-corrected chi connectivity index (χ1v) is 10.9. The Balaban J connectivity index is 2.11. The number of nitrogens with zero attached hydrogens (tertiary/aromatic N) is 2. The number of likely N-dealkylation sites (tertiary alicyclic amines) is 1. The summed E-state index contributed by atoms with van der Waals surface area (Å²) in [6.07, 6.45) is 0.717. The Morgan fingerprint density at radius 2 is 1.84 bits per heavy atom. The lowest BCUT2D eigenvalue weighted by molar-refractivity contribution is -0.139. The number of hydrogen-bond donors (Lipinski definition) is 1. The lowest BCUT2D eigenvalue weighted by Gasteiger charge is -2.26. The molecule has 2 aromatic carbocycles. The Morgan fingerprint density at radius 3 is 2.42 bits per heavy atom. The van der Waals surface area contributed by atoms with Crippen LogP contribution in [-0.2, 0) is 9.59 Å². The molecule has 1 saturated heterocycles. The fourth-order valence-corrected chi connectivity index (χ4v) is 4.10. The zero-order valence-electron chi connectivity index (χ0n) is 18.2. The fourth-order valence-electron chi connectivity index (χ4n) is 3.83. The fraction of sp³-hybridized carbons (Fsp3) is 0.333. The summed E-state index contributed by atoms with van der Waals surface area (Å²) in [5.74, 6) is -0.756. The van der Waals surface area contributed by atoms with Gasteiger partial charge in [0, 0.05) is 16.6 Å². The highest BCUT2D eigenvalue weighted by molar-refractivity contribution is 9.10. The van der Waals surface area contributed by atoms with Crippen molar-refractivity contribution in [1.82, 2.24) is 9.80 Å². The number of carbonyl (C=O) groups is 2. The van der Waals surface area contributed by atoms with Gasteiger partial charge >= 0.3 is 0 Å². The number of ketones is 1. The molecule has 6 nitrogen and oxygen atoms in total. The van der Waals surface area contributed by atoms with Gasteiger partial charge in [-0.3, -0.25) is 9.59 Å². The summed E-state index contributed by atoms with van der Waals surface area (Å²) in [6, 6.07) is 12.1. The van der Waals surface area contributed by atoms with Crippen LogP contribution in [0.5, 0.6) is 5.75 Å². The number of carbonyl (C=O) groups excluding carboxylic acids is 2. The van der Waals surface area contributed by atoms with Gasteiger partial charge in [0.2, 0.25) is 0 Å². The number of benzene rings is 2. The number of ether oxygens (including phenoxy) is 1. The Labute approximate surface area is 191 Å². The van der Waals surface area contributed by atoms with E-state index in [2.05, 4.69) is 15.9 Å². The molecule has 0 aromatic heterocycles. The molecule has 0 saturated carbocycles. The number of amides is 1. The lowest BCUT2D eigenvalue weighted by atomic mass is 9.94. The number of aliphatic hydroxyl groups excluding tert-OH is 1. The van der Waals surface area contributed by atoms with Crippen LogP contribution in [0.15, 0.2) is 52.5 Å². The van der Waals surface area contributed by atoms with E-state index in [1.165, 1.54) is 0 Å². The van der Waals surface area contributed by atoms with Crippen molar-refractivity contribution in [2.24, 2.45) is 0 Å². The second-order valence-corrected chi connectivity index (χ2v) is 8.80. The van der Waals surface area contributed by atoms with E-state index in [9.17, 15) is 14.7 Å². The van der Waals surface area contributed by atoms with Crippen LogP contribution in [-0.4, -0.2) is 60.9 Å². The molecule has 3 rings (SSSR count). The Bertz CT molecular complexity index is 1010. The minimum atomic E-state index is -0.662. The molecule has 0 aliphatic carbocycles. The molecule has 1 aliphatic heterocycles. The molecule has 0 unspecified atom stereocenters. The standard InChI is InChI=1S/C24H27BrN2O4/c1-15-14-18(31-4)10-11-19(15)22(28)20-21(16-6-8-17(25)9-7-16)27(24(30)23(20)29)13-5-12-26(2)3/h6-11,14,21,28H,5,12-13H2,1-4H3/t21-/m0/s1. The largest absolute Gasteiger partial charge is 0.507 e. The summed E-state index contributed by atoms with van der Waals surface area (Å²) in [5, 5.41) is 11.2. The van der Waals surface area contributed by atoms with Crippen molar-refractivity contribution in [3.05, 3.63) is 69.2 Å². The van der Waals surface area contributed by atoms with E-state index in [0.717, 1.165) is 22.1 Å². The average molecular weight is 487 g/mol. The molecular weight excluding hydrogens is 460 g/mol. The van der Waals surface area contributed by atoms with Crippen LogP contribution in [0.1, 0.15) is 29.2 Å². The van der Waals surface area contributed by atoms with Gasteiger partial charge in [-0.05, 0) is 75.4 Å². The third kappa shape index (κ3) is 4.83. The van der Waals surface area contributed by atoms with Crippen molar-refractivity contribution in [1.29, 1.82) is 0 Å². The molecule has 0 radical (unpaired) electrons. The van der Waals surface area contributed by atoms with Crippen molar-refractivity contribution < 1.29 is 19.4 Å². The predicted molar refractivity (Wildman–Crippen MR) is 124 cm³/mol. The molecule has 2 aromatic rings. The van der Waals surface area contributed by atoms with Gasteiger partial charge < -0.3 is 19.6 Å². The van der Waals surface area contributed by atoms with Crippen LogP contribution in [0.3, 0.4) is 0 Å². The third-order valence-electron chi connectivity index (χ3n) is 5.42. The van der Waals surface area contributed by atoms with Crippen LogP contribution in [0, 0.1) is 6.92 Å². The summed E-state index contributed by atoms with van der Waals surface area (Å²) < 4.78 is 6.14. The van der Waals surface area contributed by atoms with Gasteiger partial charge in [-0.15, -0.1) is 0 Å². The van der Waals surface area contributed by atoms with E-state index < -0.39 is 17.7 Å². The highest BCUT2D eigenvalue weighted by atomic mass is 79.9. The number of Topliss-reactive ketones (excluding diaryl/α,β-unsaturated/α-hetero) is 1. The normalized spacial score (nSPS) is 18.1. The van der Waals surface area contributed by atoms with E-state index in [1.54, 1.807) is 30.2 Å². The third-order valence-corrected chi connectivity index (χ3v) is 5.95. The highest BCUT2D eigenvalue weighted by Gasteiger charge is 2.45. The van der Waals surface area contributed by atoms with E-state index in [1.807, 2.05) is 50.2 Å². The summed E-state index contributed by atoms with van der Waals surface area (Å²) >= 11 is 3.43. The van der Waals surface area contributed by atoms with Crippen LogP contribution >= 0.6 is 15.9 Å². The molecule has 0 bridgehead atoms. The van der Waals surface area contributed by atoms with Gasteiger partial charge in [0.05, 0.1) is 18.7 Å². The Hall–Kier alpha value is -2.64. The molecular formula is C24H27BrN2O4. The smallest absolute Gasteiger partial charge is 0.295 e. The lowest BCUT2D eigenvalue weighted by Crippen LogP contribution is -2.32. The first kappa shape index (κ1) is 23.0. The molecule has 1 N–H and O–H groups in total. The quantitative estimate of drug-likeness (QED) is 0.361. The van der Waals surface area contributed by atoms with Crippen LogP contribution < -0.4 is 4.74 Å². The van der Waals surface area contributed by atoms with Crippen molar-refractivity contribution in [3.63, 3.8) is 0 Å². The maximum Gasteiger partial charge on any atom is 0.295 e. The van der Waals surface area contributed by atoms with Crippen molar-refractivity contribution in [3.8, 4) is 5.75 Å². The van der Waals surface area contributed by atoms with E-state index in [0.29, 0.717) is 24.3 Å². The molecule has 0 spiro atoms. The minimum absolute atomic E-state index is 0.116. The summed E-state index contributed by atoms with van der Waals surface area (Å²) in [4.78, 5) is 29.6. The number of methoxy groups -OCH3 is 1. The molecule has 164 valence electrons. The van der Waals surface area contributed by atoms with Gasteiger partial charge in [-0.25, -0.2) is 0 Å². The number of hydrogen-bond acceptors (Lipinski definition) is 5. The van der Waals surface area contributed by atoms with Gasteiger partial charge in [-0.1, -0.05) is 28.1 Å². The molecule has 1 amide bonds. The average Bonchev–Trinajstić information content (AvgIpc) is 2.98. The summed E-state index contributed by atoms with van der Waals surface area (Å²) in [6.45, 7) is 3.04. The Morgan fingerprint density at radius 1 is 1.16 bits per heavy atom. The van der Waals surface area contributed by atoms with Gasteiger partial charge in [0.1, 0.15) is 11.5 Å². The van der Waals surface area contributed by atoms with Crippen LogP contribution in [0.4, 0.5) is 0 Å². The van der Waals surface area contributed by atoms with Gasteiger partial charge in [0.15, 0.2) is 0 Å². The summed E-state index contributed by atoms with van der Waals surface area (Å²) in [7, 11) is 5.50. The zero-order valence-corrected chi connectivity index (χ0v) is 19.8. The van der Waals surface area contributed by atoms with Crippen LogP contribution in [0.25, 0.3) is 5.76 Å². The van der Waals surface area contributed by atoms with Gasteiger partial charge in [-0.2, -0.15) is 0 Å². The van der Waals surface area contributed by atoms with Crippen LogP contribution in [0.2, 0.25) is 0 Å². The van der Waals surface area contributed by atoms with Crippen molar-refractivity contribution >= 4 is 33.4 Å². The second kappa shape index (κ2) is 9.66. The van der Waals surface area contributed by atoms with Crippen molar-refractivity contribution in [2.45, 2.75) is 19.4 Å². The molecule has 31 heavy (non-hydrogen) atoms. The summed E-state index contributed by atoms with van der Waals surface area (Å²) in [5.41, 5.74) is 2.16. The predicted octanol–water partition coefficient (Wildman–Crippen LogP) is 4.14. The van der Waals surface area contributed by atoms with Crippen molar-refractivity contribution in [2.75, 3.05) is 34.3 Å². The molecule has 1 fully saturated rings. The Kier molecular flexibility index (Phi) is 7.18. The molecule has 1 aliphatic rings. The van der Waals surface area contributed by atoms with Gasteiger partial charge in [0.25, 0.3) is 11.7 Å². The van der Waals surface area contributed by atoms with E-state index >= 15 is 0 Å².